The fraction of sp³-hybridized carbons (Fsp3) is 0.556. The summed E-state index contributed by atoms with van der Waals surface area (Å²) in [6, 6.07) is 0. The van der Waals surface area contributed by atoms with E-state index in [9.17, 15) is 13.6 Å². The smallest absolute Gasteiger partial charge is 0.308 e. The van der Waals surface area contributed by atoms with Gasteiger partial charge >= 0.3 is 5.97 Å². The molecule has 0 saturated heterocycles. The first kappa shape index (κ1) is 12.9. The van der Waals surface area contributed by atoms with E-state index < -0.39 is 24.0 Å². The molecule has 0 aliphatic carbocycles. The number of halogens is 3. The molecule has 1 aromatic heterocycles. The van der Waals surface area contributed by atoms with Crippen molar-refractivity contribution in [1.29, 1.82) is 0 Å². The highest BCUT2D eigenvalue weighted by molar-refractivity contribution is 6.31. The SMILES string of the molecule is Cc1nn(CC(C)C(=O)O)c(C(F)F)c1Cl. The molecule has 1 unspecified atom stereocenters. The third-order valence-electron chi connectivity index (χ3n) is 2.17. The van der Waals surface area contributed by atoms with Crippen LogP contribution in [0, 0.1) is 12.8 Å². The number of rotatable bonds is 4. The number of hydrogen-bond acceptors (Lipinski definition) is 2. The Balaban J connectivity index is 3.04. The Kier molecular flexibility index (Phi) is 3.85. The predicted molar refractivity (Wildman–Crippen MR) is 53.7 cm³/mol. The summed E-state index contributed by atoms with van der Waals surface area (Å²) >= 11 is 5.66. The molecule has 1 N–H and O–H groups in total. The average molecular weight is 253 g/mol. The number of carboxylic acids is 1. The molecule has 0 bridgehead atoms. The normalized spacial score (nSPS) is 13.1. The van der Waals surface area contributed by atoms with Gasteiger partial charge in [-0.1, -0.05) is 18.5 Å². The summed E-state index contributed by atoms with van der Waals surface area (Å²) in [4.78, 5) is 10.6. The maximum atomic E-state index is 12.7. The number of aryl methyl sites for hydroxylation is 1. The Morgan fingerprint density at radius 3 is 2.62 bits per heavy atom. The van der Waals surface area contributed by atoms with Gasteiger partial charge in [0.25, 0.3) is 6.43 Å². The van der Waals surface area contributed by atoms with E-state index in [4.69, 9.17) is 16.7 Å². The van der Waals surface area contributed by atoms with E-state index in [1.807, 2.05) is 0 Å². The summed E-state index contributed by atoms with van der Waals surface area (Å²) in [6.45, 7) is 2.79. The lowest BCUT2D eigenvalue weighted by molar-refractivity contribution is -0.141. The van der Waals surface area contributed by atoms with E-state index in [2.05, 4.69) is 5.10 Å². The maximum absolute atomic E-state index is 12.7. The fourth-order valence-electron chi connectivity index (χ4n) is 1.26. The first-order valence-corrected chi connectivity index (χ1v) is 4.96. The number of aliphatic carboxylic acids is 1. The highest BCUT2D eigenvalue weighted by Crippen LogP contribution is 2.29. The van der Waals surface area contributed by atoms with E-state index in [-0.39, 0.29) is 17.3 Å². The lowest BCUT2D eigenvalue weighted by atomic mass is 10.2. The molecule has 1 aromatic rings. The molecule has 0 spiro atoms. The largest absolute Gasteiger partial charge is 0.481 e. The highest BCUT2D eigenvalue weighted by atomic mass is 35.5. The standard InChI is InChI=1S/C9H11ClF2N2O2/c1-4(9(15)16)3-14-7(8(11)12)6(10)5(2)13-14/h4,8H,3H2,1-2H3,(H,15,16). The van der Waals surface area contributed by atoms with Crippen LogP contribution in [0.1, 0.15) is 24.7 Å². The van der Waals surface area contributed by atoms with Crippen molar-refractivity contribution in [3.8, 4) is 0 Å². The molecule has 0 radical (unpaired) electrons. The average Bonchev–Trinajstić information content (AvgIpc) is 2.42. The van der Waals surface area contributed by atoms with Crippen molar-refractivity contribution in [1.82, 2.24) is 9.78 Å². The summed E-state index contributed by atoms with van der Waals surface area (Å²) in [7, 11) is 0. The van der Waals surface area contributed by atoms with Crippen molar-refractivity contribution in [2.45, 2.75) is 26.8 Å². The Morgan fingerprint density at radius 2 is 2.19 bits per heavy atom. The van der Waals surface area contributed by atoms with Crippen molar-refractivity contribution in [2.75, 3.05) is 0 Å². The molecule has 0 aromatic carbocycles. The molecule has 90 valence electrons. The molecule has 0 amide bonds. The quantitative estimate of drug-likeness (QED) is 0.896. The van der Waals surface area contributed by atoms with Crippen molar-refractivity contribution < 1.29 is 18.7 Å². The zero-order valence-corrected chi connectivity index (χ0v) is 9.50. The van der Waals surface area contributed by atoms with Gasteiger partial charge in [0.15, 0.2) is 0 Å². The minimum atomic E-state index is -2.77. The minimum Gasteiger partial charge on any atom is -0.481 e. The van der Waals surface area contributed by atoms with Crippen molar-refractivity contribution >= 4 is 17.6 Å². The van der Waals surface area contributed by atoms with Gasteiger partial charge in [-0.05, 0) is 6.92 Å². The third-order valence-corrected chi connectivity index (χ3v) is 2.63. The number of hydrogen-bond donors (Lipinski definition) is 1. The molecule has 16 heavy (non-hydrogen) atoms. The second-order valence-electron chi connectivity index (χ2n) is 3.51. The van der Waals surface area contributed by atoms with Gasteiger partial charge in [-0.15, -0.1) is 0 Å². The second-order valence-corrected chi connectivity index (χ2v) is 3.88. The number of alkyl halides is 2. The number of carboxylic acid groups (broad SMARTS) is 1. The second kappa shape index (κ2) is 4.78. The van der Waals surface area contributed by atoms with Gasteiger partial charge < -0.3 is 5.11 Å². The van der Waals surface area contributed by atoms with Crippen LogP contribution < -0.4 is 0 Å². The topological polar surface area (TPSA) is 55.1 Å². The summed E-state index contributed by atoms with van der Waals surface area (Å²) in [5.41, 5.74) is -0.151. The molecule has 0 saturated carbocycles. The van der Waals surface area contributed by atoms with Crippen LogP contribution in [0.15, 0.2) is 0 Å². The Bertz CT molecular complexity index is 406. The molecule has 7 heteroatoms. The van der Waals surface area contributed by atoms with Crippen LogP contribution in [0.2, 0.25) is 5.02 Å². The number of carbonyl (C=O) groups is 1. The van der Waals surface area contributed by atoms with Gasteiger partial charge in [-0.3, -0.25) is 9.48 Å². The maximum Gasteiger partial charge on any atom is 0.308 e. The number of nitrogens with zero attached hydrogens (tertiary/aromatic N) is 2. The van der Waals surface area contributed by atoms with Crippen LogP contribution >= 0.6 is 11.6 Å². The van der Waals surface area contributed by atoms with E-state index in [0.29, 0.717) is 0 Å². The van der Waals surface area contributed by atoms with Gasteiger partial charge in [0.05, 0.1) is 23.2 Å². The molecular formula is C9H11ClF2N2O2. The monoisotopic (exact) mass is 252 g/mol. The van der Waals surface area contributed by atoms with Crippen LogP contribution in [-0.4, -0.2) is 20.9 Å². The number of aromatic nitrogens is 2. The summed E-state index contributed by atoms with van der Waals surface area (Å²) in [6.07, 6.45) is -2.77. The predicted octanol–water partition coefficient (Wildman–Crippen LogP) is 2.50. The molecule has 0 fully saturated rings. The van der Waals surface area contributed by atoms with E-state index in [1.165, 1.54) is 13.8 Å². The first-order chi connectivity index (χ1) is 7.34. The van der Waals surface area contributed by atoms with Crippen molar-refractivity contribution in [2.24, 2.45) is 5.92 Å². The summed E-state index contributed by atoms with van der Waals surface area (Å²) < 4.78 is 26.3. The zero-order valence-electron chi connectivity index (χ0n) is 8.75. The first-order valence-electron chi connectivity index (χ1n) is 4.58. The summed E-state index contributed by atoms with van der Waals surface area (Å²) in [5.74, 6) is -1.86. The van der Waals surface area contributed by atoms with Gasteiger partial charge in [-0.25, -0.2) is 8.78 Å². The minimum absolute atomic E-state index is 0.104. The molecule has 1 rings (SSSR count). The Hall–Kier alpha value is -1.17. The fourth-order valence-corrected chi connectivity index (χ4v) is 1.48. The van der Waals surface area contributed by atoms with Crippen LogP contribution in [0.4, 0.5) is 8.78 Å². The Morgan fingerprint density at radius 1 is 1.62 bits per heavy atom. The van der Waals surface area contributed by atoms with Gasteiger partial charge in [-0.2, -0.15) is 5.10 Å². The lowest BCUT2D eigenvalue weighted by Crippen LogP contribution is -2.19. The highest BCUT2D eigenvalue weighted by Gasteiger charge is 2.24. The molecule has 0 aliphatic rings. The van der Waals surface area contributed by atoms with Gasteiger partial charge in [0.1, 0.15) is 5.69 Å². The lowest BCUT2D eigenvalue weighted by Gasteiger charge is -2.09. The zero-order chi connectivity index (χ0) is 12.5. The van der Waals surface area contributed by atoms with E-state index in [0.717, 1.165) is 4.68 Å². The Labute approximate surface area is 95.8 Å². The van der Waals surface area contributed by atoms with Crippen LogP contribution in [0.25, 0.3) is 0 Å². The molecule has 1 atom stereocenters. The molecule has 0 aliphatic heterocycles. The molecular weight excluding hydrogens is 242 g/mol. The van der Waals surface area contributed by atoms with E-state index >= 15 is 0 Å². The molecule has 1 heterocycles. The van der Waals surface area contributed by atoms with Gasteiger partial charge in [0.2, 0.25) is 0 Å². The summed E-state index contributed by atoms with van der Waals surface area (Å²) in [5, 5.41) is 12.4. The third kappa shape index (κ3) is 2.49. The van der Waals surface area contributed by atoms with Gasteiger partial charge in [0, 0.05) is 0 Å². The molecule has 4 nitrogen and oxygen atoms in total. The van der Waals surface area contributed by atoms with Crippen LogP contribution in [-0.2, 0) is 11.3 Å². The van der Waals surface area contributed by atoms with E-state index in [1.54, 1.807) is 0 Å². The van der Waals surface area contributed by atoms with Crippen LogP contribution in [0.3, 0.4) is 0 Å². The van der Waals surface area contributed by atoms with Crippen molar-refractivity contribution in [3.05, 3.63) is 16.4 Å². The van der Waals surface area contributed by atoms with Crippen molar-refractivity contribution in [3.63, 3.8) is 0 Å². The van der Waals surface area contributed by atoms with Crippen LogP contribution in [0.5, 0.6) is 0 Å².